The van der Waals surface area contributed by atoms with Gasteiger partial charge < -0.3 is 10.5 Å². The number of nitrogens with two attached hydrogens (primary N) is 1. The van der Waals surface area contributed by atoms with E-state index in [1.807, 2.05) is 19.1 Å². The van der Waals surface area contributed by atoms with Gasteiger partial charge in [0.2, 0.25) is 0 Å². The van der Waals surface area contributed by atoms with E-state index >= 15 is 0 Å². The average Bonchev–Trinajstić information content (AvgIpc) is 3.09. The monoisotopic (exact) mass is 329 g/mol. The summed E-state index contributed by atoms with van der Waals surface area (Å²) in [5.74, 6) is 1.30. The molecule has 2 N–H and O–H groups in total. The van der Waals surface area contributed by atoms with Crippen LogP contribution < -0.4 is 10.5 Å². The second-order valence-electron chi connectivity index (χ2n) is 5.83. The molecule has 0 atom stereocenters. The van der Waals surface area contributed by atoms with Crippen molar-refractivity contribution in [3.05, 3.63) is 41.0 Å². The highest BCUT2D eigenvalue weighted by Gasteiger charge is 2.18. The van der Waals surface area contributed by atoms with Gasteiger partial charge in [-0.25, -0.2) is 4.98 Å². The maximum atomic E-state index is 5.84. The third kappa shape index (κ3) is 2.99. The van der Waals surface area contributed by atoms with Crippen molar-refractivity contribution in [2.75, 3.05) is 13.2 Å². The van der Waals surface area contributed by atoms with E-state index in [0.29, 0.717) is 19.1 Å². The van der Waals surface area contributed by atoms with Crippen molar-refractivity contribution in [2.45, 2.75) is 33.1 Å². The van der Waals surface area contributed by atoms with Crippen LogP contribution in [0.2, 0.25) is 0 Å². The Balaban J connectivity index is 2.10. The SMILES string of the molecule is CCOc1ccc(-c2csc3nc(C(C)C)c(CCN)n23)cc1. The standard InChI is InChI=1S/C18H23N3OS/c1-4-22-14-7-5-13(6-8-14)16-11-23-18-20-17(12(2)3)15(9-10-19)21(16)18/h5-8,11-12H,4,9-10,19H2,1-3H3. The molecule has 0 saturated heterocycles. The number of ether oxygens (including phenoxy) is 1. The molecule has 2 heterocycles. The van der Waals surface area contributed by atoms with E-state index in [9.17, 15) is 0 Å². The Morgan fingerprint density at radius 3 is 2.61 bits per heavy atom. The largest absolute Gasteiger partial charge is 0.494 e. The van der Waals surface area contributed by atoms with Crippen molar-refractivity contribution in [1.29, 1.82) is 0 Å². The van der Waals surface area contributed by atoms with Crippen molar-refractivity contribution in [2.24, 2.45) is 5.73 Å². The Kier molecular flexibility index (Phi) is 4.68. The molecule has 23 heavy (non-hydrogen) atoms. The summed E-state index contributed by atoms with van der Waals surface area (Å²) in [5.41, 5.74) is 10.6. The summed E-state index contributed by atoms with van der Waals surface area (Å²) in [4.78, 5) is 5.87. The van der Waals surface area contributed by atoms with Crippen LogP contribution in [0.25, 0.3) is 16.2 Å². The predicted octanol–water partition coefficient (Wildman–Crippen LogP) is 4.09. The lowest BCUT2D eigenvalue weighted by Gasteiger charge is -2.09. The topological polar surface area (TPSA) is 52.5 Å². The van der Waals surface area contributed by atoms with Crippen LogP contribution in [0.5, 0.6) is 5.75 Å². The molecule has 3 rings (SSSR count). The average molecular weight is 329 g/mol. The molecule has 5 heteroatoms. The van der Waals surface area contributed by atoms with E-state index < -0.39 is 0 Å². The highest BCUT2D eigenvalue weighted by atomic mass is 32.1. The van der Waals surface area contributed by atoms with Gasteiger partial charge in [-0.3, -0.25) is 4.40 Å². The second-order valence-corrected chi connectivity index (χ2v) is 6.67. The van der Waals surface area contributed by atoms with Crippen molar-refractivity contribution in [3.8, 4) is 17.0 Å². The number of rotatable bonds is 6. The Morgan fingerprint density at radius 1 is 1.26 bits per heavy atom. The number of hydrogen-bond donors (Lipinski definition) is 1. The van der Waals surface area contributed by atoms with Crippen molar-refractivity contribution < 1.29 is 4.74 Å². The van der Waals surface area contributed by atoms with Gasteiger partial charge in [0.15, 0.2) is 4.96 Å². The van der Waals surface area contributed by atoms with Gasteiger partial charge in [0.25, 0.3) is 0 Å². The molecule has 0 saturated carbocycles. The zero-order valence-electron chi connectivity index (χ0n) is 13.9. The first-order valence-electron chi connectivity index (χ1n) is 8.07. The number of aromatic nitrogens is 2. The normalized spacial score (nSPS) is 11.5. The Labute approximate surface area is 140 Å². The third-order valence-corrected chi connectivity index (χ3v) is 4.70. The van der Waals surface area contributed by atoms with Gasteiger partial charge in [-0.15, -0.1) is 11.3 Å². The van der Waals surface area contributed by atoms with Gasteiger partial charge in [-0.2, -0.15) is 0 Å². The summed E-state index contributed by atoms with van der Waals surface area (Å²) in [6.07, 6.45) is 0.843. The van der Waals surface area contributed by atoms with Crippen molar-refractivity contribution in [3.63, 3.8) is 0 Å². The molecule has 0 radical (unpaired) electrons. The quantitative estimate of drug-likeness (QED) is 0.741. The first-order valence-corrected chi connectivity index (χ1v) is 8.95. The molecule has 0 aliphatic heterocycles. The summed E-state index contributed by atoms with van der Waals surface area (Å²) in [6.45, 7) is 7.68. The van der Waals surface area contributed by atoms with E-state index in [-0.39, 0.29) is 0 Å². The molecule has 0 unspecified atom stereocenters. The summed E-state index contributed by atoms with van der Waals surface area (Å²) in [7, 11) is 0. The maximum Gasteiger partial charge on any atom is 0.194 e. The van der Waals surface area contributed by atoms with Crippen LogP contribution >= 0.6 is 11.3 Å². The molecular formula is C18H23N3OS. The second kappa shape index (κ2) is 6.72. The molecule has 0 aliphatic rings. The first-order chi connectivity index (χ1) is 11.2. The Hall–Kier alpha value is -1.85. The van der Waals surface area contributed by atoms with Gasteiger partial charge in [-0.1, -0.05) is 13.8 Å². The number of thiazole rings is 1. The summed E-state index contributed by atoms with van der Waals surface area (Å²) in [6, 6.07) is 8.25. The fourth-order valence-corrected chi connectivity index (χ4v) is 3.78. The summed E-state index contributed by atoms with van der Waals surface area (Å²) >= 11 is 1.68. The number of benzene rings is 1. The zero-order valence-corrected chi connectivity index (χ0v) is 14.7. The number of imidazole rings is 1. The third-order valence-electron chi connectivity index (χ3n) is 3.88. The fourth-order valence-electron chi connectivity index (χ4n) is 2.86. The minimum Gasteiger partial charge on any atom is -0.494 e. The lowest BCUT2D eigenvalue weighted by molar-refractivity contribution is 0.340. The van der Waals surface area contributed by atoms with Crippen LogP contribution in [-0.4, -0.2) is 22.5 Å². The van der Waals surface area contributed by atoms with Gasteiger partial charge in [0.05, 0.1) is 18.0 Å². The Morgan fingerprint density at radius 2 is 2.00 bits per heavy atom. The van der Waals surface area contributed by atoms with E-state index in [1.54, 1.807) is 11.3 Å². The Bertz CT molecular complexity index is 787. The molecule has 4 nitrogen and oxygen atoms in total. The van der Waals surface area contributed by atoms with Crippen molar-refractivity contribution in [1.82, 2.24) is 9.38 Å². The molecular weight excluding hydrogens is 306 g/mol. The van der Waals surface area contributed by atoms with Crippen LogP contribution in [0, 0.1) is 0 Å². The molecule has 0 fully saturated rings. The lowest BCUT2D eigenvalue weighted by Crippen LogP contribution is -2.08. The maximum absolute atomic E-state index is 5.84. The molecule has 2 aromatic heterocycles. The number of nitrogens with zero attached hydrogens (tertiary/aromatic N) is 2. The van der Waals surface area contributed by atoms with Gasteiger partial charge in [0, 0.05) is 17.5 Å². The van der Waals surface area contributed by atoms with Crippen LogP contribution in [0.15, 0.2) is 29.6 Å². The molecule has 1 aromatic carbocycles. The van der Waals surface area contributed by atoms with Crippen LogP contribution in [0.3, 0.4) is 0 Å². The number of hydrogen-bond acceptors (Lipinski definition) is 4. The number of fused-ring (bicyclic) bond motifs is 1. The van der Waals surface area contributed by atoms with Gasteiger partial charge >= 0.3 is 0 Å². The molecule has 0 bridgehead atoms. The molecule has 0 amide bonds. The minimum absolute atomic E-state index is 0.400. The molecule has 0 spiro atoms. The van der Waals surface area contributed by atoms with E-state index in [0.717, 1.165) is 22.8 Å². The molecule has 122 valence electrons. The van der Waals surface area contributed by atoms with Crippen molar-refractivity contribution >= 4 is 16.3 Å². The molecule has 0 aliphatic carbocycles. The summed E-state index contributed by atoms with van der Waals surface area (Å²) in [5, 5.41) is 2.17. The van der Waals surface area contributed by atoms with Gasteiger partial charge in [0.1, 0.15) is 5.75 Å². The predicted molar refractivity (Wildman–Crippen MR) is 96.5 cm³/mol. The summed E-state index contributed by atoms with van der Waals surface area (Å²) < 4.78 is 7.80. The highest BCUT2D eigenvalue weighted by molar-refractivity contribution is 7.15. The van der Waals surface area contributed by atoms with E-state index in [4.69, 9.17) is 15.5 Å². The van der Waals surface area contributed by atoms with Crippen LogP contribution in [0.1, 0.15) is 38.1 Å². The zero-order chi connectivity index (χ0) is 16.4. The first kappa shape index (κ1) is 16.0. The fraction of sp³-hybridized carbons (Fsp3) is 0.389. The molecule has 3 aromatic rings. The van der Waals surface area contributed by atoms with Gasteiger partial charge in [-0.05, 0) is 49.2 Å². The van der Waals surface area contributed by atoms with Crippen LogP contribution in [0.4, 0.5) is 0 Å². The smallest absolute Gasteiger partial charge is 0.194 e. The van der Waals surface area contributed by atoms with Crippen LogP contribution in [-0.2, 0) is 6.42 Å². The highest BCUT2D eigenvalue weighted by Crippen LogP contribution is 2.32. The lowest BCUT2D eigenvalue weighted by atomic mass is 10.1. The minimum atomic E-state index is 0.400. The van der Waals surface area contributed by atoms with E-state index in [1.165, 1.54) is 17.0 Å². The van der Waals surface area contributed by atoms with E-state index in [2.05, 4.69) is 35.8 Å².